The third kappa shape index (κ3) is 2.44. The molecule has 0 aliphatic carbocycles. The van der Waals surface area contributed by atoms with Crippen LogP contribution in [0.5, 0.6) is 0 Å². The van der Waals surface area contributed by atoms with Crippen molar-refractivity contribution in [1.82, 2.24) is 4.90 Å². The molecule has 0 aromatic heterocycles. The summed E-state index contributed by atoms with van der Waals surface area (Å²) in [5.74, 6) is 0.646. The molecular formula is C9H20N2O. The molecule has 1 aliphatic heterocycles. The van der Waals surface area contributed by atoms with Gasteiger partial charge in [-0.1, -0.05) is 0 Å². The molecule has 0 aromatic carbocycles. The van der Waals surface area contributed by atoms with Crippen molar-refractivity contribution in [2.24, 2.45) is 11.7 Å². The van der Waals surface area contributed by atoms with E-state index in [-0.39, 0.29) is 6.61 Å². The fourth-order valence-electron chi connectivity index (χ4n) is 1.81. The van der Waals surface area contributed by atoms with Gasteiger partial charge in [0, 0.05) is 12.6 Å². The monoisotopic (exact) mass is 172 g/mol. The van der Waals surface area contributed by atoms with Crippen LogP contribution >= 0.6 is 0 Å². The highest BCUT2D eigenvalue weighted by Gasteiger charge is 2.21. The molecule has 3 nitrogen and oxygen atoms in total. The first-order valence-corrected chi connectivity index (χ1v) is 4.83. The summed E-state index contributed by atoms with van der Waals surface area (Å²) in [5, 5.41) is 8.97. The molecule has 2 unspecified atom stereocenters. The van der Waals surface area contributed by atoms with Crippen LogP contribution in [0.2, 0.25) is 0 Å². The van der Waals surface area contributed by atoms with E-state index in [1.54, 1.807) is 0 Å². The van der Waals surface area contributed by atoms with E-state index in [1.807, 2.05) is 0 Å². The molecule has 0 amide bonds. The first-order chi connectivity index (χ1) is 5.77. The Morgan fingerprint density at radius 2 is 2.42 bits per heavy atom. The highest BCUT2D eigenvalue weighted by molar-refractivity contribution is 4.76. The predicted molar refractivity (Wildman–Crippen MR) is 49.9 cm³/mol. The third-order valence-electron chi connectivity index (χ3n) is 2.77. The van der Waals surface area contributed by atoms with Gasteiger partial charge in [0.25, 0.3) is 0 Å². The summed E-state index contributed by atoms with van der Waals surface area (Å²) in [6.45, 7) is 5.31. The lowest BCUT2D eigenvalue weighted by atomic mass is 9.97. The van der Waals surface area contributed by atoms with Gasteiger partial charge in [-0.15, -0.1) is 0 Å². The fourth-order valence-corrected chi connectivity index (χ4v) is 1.81. The molecule has 12 heavy (non-hydrogen) atoms. The number of hydrogen-bond acceptors (Lipinski definition) is 3. The Morgan fingerprint density at radius 3 is 3.00 bits per heavy atom. The van der Waals surface area contributed by atoms with Gasteiger partial charge in [0.2, 0.25) is 0 Å². The summed E-state index contributed by atoms with van der Waals surface area (Å²) in [6.07, 6.45) is 2.48. The van der Waals surface area contributed by atoms with Gasteiger partial charge >= 0.3 is 0 Å². The molecule has 2 atom stereocenters. The quantitative estimate of drug-likeness (QED) is 0.632. The number of nitrogens with two attached hydrogens (primary N) is 1. The van der Waals surface area contributed by atoms with Crippen LogP contribution < -0.4 is 5.73 Å². The van der Waals surface area contributed by atoms with Gasteiger partial charge in [0.05, 0.1) is 6.61 Å². The van der Waals surface area contributed by atoms with Gasteiger partial charge in [-0.2, -0.15) is 0 Å². The molecule has 1 saturated heterocycles. The average Bonchev–Trinajstić information content (AvgIpc) is 2.17. The van der Waals surface area contributed by atoms with E-state index in [9.17, 15) is 0 Å². The molecule has 1 fully saturated rings. The number of nitrogens with zero attached hydrogens (tertiary/aromatic N) is 1. The Morgan fingerprint density at radius 1 is 1.67 bits per heavy atom. The van der Waals surface area contributed by atoms with Crippen molar-refractivity contribution in [3.05, 3.63) is 0 Å². The summed E-state index contributed by atoms with van der Waals surface area (Å²) in [7, 11) is 0. The summed E-state index contributed by atoms with van der Waals surface area (Å²) in [6, 6.07) is 0.305. The summed E-state index contributed by atoms with van der Waals surface area (Å²) in [4.78, 5) is 2.33. The number of rotatable bonds is 3. The zero-order valence-corrected chi connectivity index (χ0v) is 7.87. The van der Waals surface area contributed by atoms with E-state index >= 15 is 0 Å². The van der Waals surface area contributed by atoms with Crippen LogP contribution in [0.1, 0.15) is 19.8 Å². The first kappa shape index (κ1) is 9.96. The van der Waals surface area contributed by atoms with E-state index < -0.39 is 0 Å². The van der Waals surface area contributed by atoms with Crippen LogP contribution in [0.4, 0.5) is 0 Å². The summed E-state index contributed by atoms with van der Waals surface area (Å²) < 4.78 is 0. The van der Waals surface area contributed by atoms with Crippen LogP contribution in [0.3, 0.4) is 0 Å². The molecule has 0 aromatic rings. The molecule has 1 aliphatic rings. The number of hydrogen-bond donors (Lipinski definition) is 2. The van der Waals surface area contributed by atoms with Crippen LogP contribution in [0, 0.1) is 5.92 Å². The topological polar surface area (TPSA) is 49.5 Å². The Kier molecular flexibility index (Phi) is 3.98. The van der Waals surface area contributed by atoms with Crippen molar-refractivity contribution in [3.63, 3.8) is 0 Å². The largest absolute Gasteiger partial charge is 0.395 e. The van der Waals surface area contributed by atoms with Gasteiger partial charge in [0.15, 0.2) is 0 Å². The Labute approximate surface area is 74.5 Å². The lowest BCUT2D eigenvalue weighted by Gasteiger charge is -2.35. The van der Waals surface area contributed by atoms with Crippen LogP contribution in [0.15, 0.2) is 0 Å². The second-order valence-corrected chi connectivity index (χ2v) is 3.77. The minimum absolute atomic E-state index is 0.261. The molecule has 0 bridgehead atoms. The molecule has 1 heterocycles. The highest BCUT2D eigenvalue weighted by Crippen LogP contribution is 2.16. The van der Waals surface area contributed by atoms with E-state index in [4.69, 9.17) is 10.8 Å². The Hall–Kier alpha value is -0.120. The molecule has 1 rings (SSSR count). The van der Waals surface area contributed by atoms with E-state index in [2.05, 4.69) is 11.8 Å². The van der Waals surface area contributed by atoms with E-state index in [1.165, 1.54) is 12.8 Å². The van der Waals surface area contributed by atoms with Crippen molar-refractivity contribution in [1.29, 1.82) is 0 Å². The molecule has 72 valence electrons. The van der Waals surface area contributed by atoms with Crippen molar-refractivity contribution >= 4 is 0 Å². The van der Waals surface area contributed by atoms with Gasteiger partial charge in [-0.3, -0.25) is 4.90 Å². The maximum absolute atomic E-state index is 8.97. The van der Waals surface area contributed by atoms with Crippen molar-refractivity contribution in [3.8, 4) is 0 Å². The fraction of sp³-hybridized carbons (Fsp3) is 1.00. The molecule has 0 spiro atoms. The predicted octanol–water partition coefficient (Wildman–Crippen LogP) is 0.0379. The van der Waals surface area contributed by atoms with Gasteiger partial charge < -0.3 is 10.8 Å². The summed E-state index contributed by atoms with van der Waals surface area (Å²) in [5.41, 5.74) is 5.62. The SMILES string of the molecule is CC(CO)N1CCCC(CN)C1. The number of aliphatic hydroxyl groups is 1. The lowest BCUT2D eigenvalue weighted by Crippen LogP contribution is -2.44. The zero-order valence-electron chi connectivity index (χ0n) is 7.87. The first-order valence-electron chi connectivity index (χ1n) is 4.83. The van der Waals surface area contributed by atoms with Crippen LogP contribution in [0.25, 0.3) is 0 Å². The maximum Gasteiger partial charge on any atom is 0.0584 e. The third-order valence-corrected chi connectivity index (χ3v) is 2.77. The Balaban J connectivity index is 2.34. The number of aliphatic hydroxyl groups excluding tert-OH is 1. The van der Waals surface area contributed by atoms with E-state index in [0.717, 1.165) is 19.6 Å². The van der Waals surface area contributed by atoms with Crippen LogP contribution in [-0.4, -0.2) is 42.3 Å². The lowest BCUT2D eigenvalue weighted by molar-refractivity contribution is 0.0914. The van der Waals surface area contributed by atoms with Crippen molar-refractivity contribution < 1.29 is 5.11 Å². The minimum Gasteiger partial charge on any atom is -0.395 e. The van der Waals surface area contributed by atoms with Gasteiger partial charge in [-0.05, 0) is 38.8 Å². The molecule has 0 saturated carbocycles. The second-order valence-electron chi connectivity index (χ2n) is 3.77. The van der Waals surface area contributed by atoms with Gasteiger partial charge in [-0.25, -0.2) is 0 Å². The van der Waals surface area contributed by atoms with Gasteiger partial charge in [0.1, 0.15) is 0 Å². The van der Waals surface area contributed by atoms with Crippen LogP contribution in [-0.2, 0) is 0 Å². The molecule has 3 heteroatoms. The maximum atomic E-state index is 8.97. The van der Waals surface area contributed by atoms with Crippen molar-refractivity contribution in [2.45, 2.75) is 25.8 Å². The second kappa shape index (κ2) is 4.80. The Bertz CT molecular complexity index is 128. The number of likely N-dealkylation sites (tertiary alicyclic amines) is 1. The normalized spacial score (nSPS) is 28.8. The summed E-state index contributed by atoms with van der Waals surface area (Å²) >= 11 is 0. The molecular weight excluding hydrogens is 152 g/mol. The zero-order chi connectivity index (χ0) is 8.97. The minimum atomic E-state index is 0.261. The smallest absolute Gasteiger partial charge is 0.0584 e. The molecule has 3 N–H and O–H groups in total. The average molecular weight is 172 g/mol. The highest BCUT2D eigenvalue weighted by atomic mass is 16.3. The van der Waals surface area contributed by atoms with E-state index in [0.29, 0.717) is 12.0 Å². The number of piperidine rings is 1. The standard InChI is InChI=1S/C9H20N2O/c1-8(7-12)11-4-2-3-9(5-10)6-11/h8-9,12H,2-7,10H2,1H3. The molecule has 0 radical (unpaired) electrons. The van der Waals surface area contributed by atoms with Crippen molar-refractivity contribution in [2.75, 3.05) is 26.2 Å².